The van der Waals surface area contributed by atoms with E-state index >= 15 is 0 Å². The summed E-state index contributed by atoms with van der Waals surface area (Å²) >= 11 is 0. The van der Waals surface area contributed by atoms with Gasteiger partial charge in [-0.05, 0) is 54.0 Å². The molecule has 12 heavy (non-hydrogen) atoms. The molecule has 0 unspecified atom stereocenters. The molecule has 0 saturated carbocycles. The molecule has 0 aliphatic carbocycles. The molecule has 0 radical (unpaired) electrons. The van der Waals surface area contributed by atoms with Gasteiger partial charge in [0.15, 0.2) is 0 Å². The molecule has 0 aromatic rings. The second-order valence-corrected chi connectivity index (χ2v) is 5.04. The molecule has 0 bridgehead atoms. The summed E-state index contributed by atoms with van der Waals surface area (Å²) in [6.07, 6.45) is 4.06. The highest BCUT2D eigenvalue weighted by Gasteiger charge is 2.37. The van der Waals surface area contributed by atoms with Crippen LogP contribution in [0.2, 0.25) is 0 Å². The van der Waals surface area contributed by atoms with Crippen LogP contribution >= 0.6 is 17.0 Å². The monoisotopic (exact) mass is 235 g/mol. The first-order valence-corrected chi connectivity index (χ1v) is 4.60. The van der Waals surface area contributed by atoms with Gasteiger partial charge in [-0.2, -0.15) is 0 Å². The van der Waals surface area contributed by atoms with Crippen molar-refractivity contribution >= 4 is 17.0 Å². The molecule has 74 valence electrons. The molecule has 0 aromatic heterocycles. The van der Waals surface area contributed by atoms with Crippen molar-refractivity contribution in [1.82, 2.24) is 4.90 Å². The number of piperidine rings is 1. The van der Waals surface area contributed by atoms with Crippen molar-refractivity contribution in [3.63, 3.8) is 0 Å². The summed E-state index contributed by atoms with van der Waals surface area (Å²) in [6, 6.07) is 0. The van der Waals surface area contributed by atoms with E-state index in [1.54, 1.807) is 0 Å². The Morgan fingerprint density at radius 2 is 1.25 bits per heavy atom. The third-order valence-electron chi connectivity index (χ3n) is 3.39. The van der Waals surface area contributed by atoms with Crippen LogP contribution in [-0.2, 0) is 0 Å². The summed E-state index contributed by atoms with van der Waals surface area (Å²) in [5, 5.41) is 0. The summed E-state index contributed by atoms with van der Waals surface area (Å²) in [6.45, 7) is 9.36. The predicted molar refractivity (Wildman–Crippen MR) is 60.1 cm³/mol. The van der Waals surface area contributed by atoms with Crippen LogP contribution in [0, 0.1) is 0 Å². The number of halogens is 1. The summed E-state index contributed by atoms with van der Waals surface area (Å²) in [4.78, 5) is 2.52. The lowest BCUT2D eigenvalue weighted by atomic mass is 9.80. The Morgan fingerprint density at radius 1 is 0.917 bits per heavy atom. The zero-order chi connectivity index (χ0) is 8.70. The van der Waals surface area contributed by atoms with Gasteiger partial charge < -0.3 is 0 Å². The first-order chi connectivity index (χ1) is 4.86. The number of hydrogen-bond acceptors (Lipinski definition) is 1. The minimum Gasteiger partial charge on any atom is -0.296 e. The Bertz CT molecular complexity index is 136. The van der Waals surface area contributed by atoms with E-state index in [1.165, 1.54) is 19.3 Å². The molecular formula is C10H22BrN. The maximum Gasteiger partial charge on any atom is 0.0155 e. The quantitative estimate of drug-likeness (QED) is 0.624. The highest BCUT2D eigenvalue weighted by Crippen LogP contribution is 2.36. The molecule has 1 heterocycles. The van der Waals surface area contributed by atoms with Crippen molar-refractivity contribution in [3.05, 3.63) is 0 Å². The average Bonchev–Trinajstić information content (AvgIpc) is 1.82. The van der Waals surface area contributed by atoms with Crippen LogP contribution in [0.4, 0.5) is 0 Å². The van der Waals surface area contributed by atoms with E-state index < -0.39 is 0 Å². The molecule has 1 aliphatic rings. The van der Waals surface area contributed by atoms with E-state index in [4.69, 9.17) is 0 Å². The molecule has 1 nitrogen and oxygen atoms in total. The molecule has 0 N–H and O–H groups in total. The number of hydrogen-bond donors (Lipinski definition) is 0. The van der Waals surface area contributed by atoms with Crippen LogP contribution in [0.5, 0.6) is 0 Å². The fourth-order valence-corrected chi connectivity index (χ4v) is 2.11. The van der Waals surface area contributed by atoms with Crippen LogP contribution in [-0.4, -0.2) is 23.0 Å². The van der Waals surface area contributed by atoms with Crippen LogP contribution < -0.4 is 0 Å². The standard InChI is InChI=1S/C10H21N.BrH/c1-9(2)7-6-8-10(3,4)11(9)5;/h6-8H2,1-5H3;1H. The van der Waals surface area contributed by atoms with E-state index in [2.05, 4.69) is 39.6 Å². The molecule has 0 atom stereocenters. The van der Waals surface area contributed by atoms with Crippen molar-refractivity contribution in [1.29, 1.82) is 0 Å². The second-order valence-electron chi connectivity index (χ2n) is 5.04. The van der Waals surface area contributed by atoms with E-state index in [-0.39, 0.29) is 17.0 Å². The zero-order valence-electron chi connectivity index (χ0n) is 8.98. The normalized spacial score (nSPS) is 27.8. The number of likely N-dealkylation sites (tertiary alicyclic amines) is 1. The lowest BCUT2D eigenvalue weighted by Gasteiger charge is -2.50. The Labute approximate surface area is 87.3 Å². The molecule has 1 fully saturated rings. The van der Waals surface area contributed by atoms with E-state index in [0.717, 1.165) is 0 Å². The smallest absolute Gasteiger partial charge is 0.0155 e. The number of nitrogens with zero attached hydrogens (tertiary/aromatic N) is 1. The third kappa shape index (κ3) is 2.23. The Morgan fingerprint density at radius 3 is 1.50 bits per heavy atom. The average molecular weight is 236 g/mol. The summed E-state index contributed by atoms with van der Waals surface area (Å²) in [5.74, 6) is 0. The number of rotatable bonds is 0. The predicted octanol–water partition coefficient (Wildman–Crippen LogP) is 3.24. The third-order valence-corrected chi connectivity index (χ3v) is 3.39. The fourth-order valence-electron chi connectivity index (χ4n) is 2.11. The molecule has 1 rings (SSSR count). The SMILES string of the molecule is Br.CN1C(C)(C)CCCC1(C)C. The molecule has 0 amide bonds. The molecule has 0 spiro atoms. The first kappa shape index (κ1) is 12.4. The van der Waals surface area contributed by atoms with Gasteiger partial charge in [-0.25, -0.2) is 0 Å². The van der Waals surface area contributed by atoms with Crippen molar-refractivity contribution in [3.8, 4) is 0 Å². The van der Waals surface area contributed by atoms with Gasteiger partial charge in [0, 0.05) is 11.1 Å². The highest BCUT2D eigenvalue weighted by molar-refractivity contribution is 8.93. The topological polar surface area (TPSA) is 3.24 Å². The van der Waals surface area contributed by atoms with Gasteiger partial charge in [0.25, 0.3) is 0 Å². The lowest BCUT2D eigenvalue weighted by Crippen LogP contribution is -2.56. The van der Waals surface area contributed by atoms with Crippen LogP contribution in [0.1, 0.15) is 47.0 Å². The summed E-state index contributed by atoms with van der Waals surface area (Å²) in [5.41, 5.74) is 0.809. The molecular weight excluding hydrogens is 214 g/mol. The van der Waals surface area contributed by atoms with Gasteiger partial charge in [0.2, 0.25) is 0 Å². The van der Waals surface area contributed by atoms with E-state index in [1.807, 2.05) is 0 Å². The van der Waals surface area contributed by atoms with Crippen LogP contribution in [0.15, 0.2) is 0 Å². The molecule has 1 saturated heterocycles. The van der Waals surface area contributed by atoms with E-state index in [9.17, 15) is 0 Å². The van der Waals surface area contributed by atoms with Crippen molar-refractivity contribution < 1.29 is 0 Å². The Hall–Kier alpha value is 0.440. The van der Waals surface area contributed by atoms with Gasteiger partial charge in [-0.15, -0.1) is 17.0 Å². The summed E-state index contributed by atoms with van der Waals surface area (Å²) in [7, 11) is 2.25. The molecule has 1 aliphatic heterocycles. The van der Waals surface area contributed by atoms with Crippen molar-refractivity contribution in [2.45, 2.75) is 58.0 Å². The van der Waals surface area contributed by atoms with Gasteiger partial charge in [0.1, 0.15) is 0 Å². The largest absolute Gasteiger partial charge is 0.296 e. The van der Waals surface area contributed by atoms with Crippen molar-refractivity contribution in [2.75, 3.05) is 7.05 Å². The van der Waals surface area contributed by atoms with E-state index in [0.29, 0.717) is 11.1 Å². The van der Waals surface area contributed by atoms with Crippen molar-refractivity contribution in [2.24, 2.45) is 0 Å². The Balaban J connectivity index is 0.00000121. The second kappa shape index (κ2) is 3.67. The fraction of sp³-hybridized carbons (Fsp3) is 1.00. The lowest BCUT2D eigenvalue weighted by molar-refractivity contribution is -0.00199. The Kier molecular flexibility index (Phi) is 3.80. The molecule has 2 heteroatoms. The first-order valence-electron chi connectivity index (χ1n) is 4.60. The van der Waals surface area contributed by atoms with Gasteiger partial charge >= 0.3 is 0 Å². The minimum atomic E-state index is 0. The maximum absolute atomic E-state index is 2.52. The minimum absolute atomic E-state index is 0. The van der Waals surface area contributed by atoms with Crippen LogP contribution in [0.25, 0.3) is 0 Å². The highest BCUT2D eigenvalue weighted by atomic mass is 79.9. The van der Waals surface area contributed by atoms with Gasteiger partial charge in [0.05, 0.1) is 0 Å². The zero-order valence-corrected chi connectivity index (χ0v) is 10.7. The summed E-state index contributed by atoms with van der Waals surface area (Å²) < 4.78 is 0. The molecule has 0 aromatic carbocycles. The van der Waals surface area contributed by atoms with Gasteiger partial charge in [-0.3, -0.25) is 4.90 Å². The maximum atomic E-state index is 2.52. The van der Waals surface area contributed by atoms with Crippen LogP contribution in [0.3, 0.4) is 0 Å². The van der Waals surface area contributed by atoms with Gasteiger partial charge in [-0.1, -0.05) is 0 Å².